The van der Waals surface area contributed by atoms with Crippen LogP contribution in [0.4, 0.5) is 5.69 Å². The van der Waals surface area contributed by atoms with E-state index in [1.165, 1.54) is 16.8 Å². The first-order valence-corrected chi connectivity index (χ1v) is 7.59. The highest BCUT2D eigenvalue weighted by atomic mass is 16.1. The summed E-state index contributed by atoms with van der Waals surface area (Å²) >= 11 is 0. The Bertz CT molecular complexity index is 527. The fraction of sp³-hybridized carbons (Fsp3) is 0.562. The standard InChI is InChI=1S/C16H23N3O/c1-3-4-12-10-19-8-7-18-9-11-5-6-13(16(20)17-2)14(12)15(11)19/h5-6,12,18H,3-4,7-10H2,1-2H3,(H,17,20). The number of nitrogens with one attached hydrogen (secondary N) is 2. The summed E-state index contributed by atoms with van der Waals surface area (Å²) < 4.78 is 0. The van der Waals surface area contributed by atoms with Crippen LogP contribution in [-0.2, 0) is 6.54 Å². The Labute approximate surface area is 120 Å². The summed E-state index contributed by atoms with van der Waals surface area (Å²) in [5, 5.41) is 6.25. The second-order valence-electron chi connectivity index (χ2n) is 5.72. The Kier molecular flexibility index (Phi) is 3.66. The van der Waals surface area contributed by atoms with E-state index in [1.807, 2.05) is 6.07 Å². The maximum absolute atomic E-state index is 12.2. The van der Waals surface area contributed by atoms with Gasteiger partial charge in [-0.1, -0.05) is 19.4 Å². The smallest absolute Gasteiger partial charge is 0.251 e. The van der Waals surface area contributed by atoms with E-state index in [9.17, 15) is 4.79 Å². The molecule has 4 heteroatoms. The van der Waals surface area contributed by atoms with E-state index < -0.39 is 0 Å². The number of hydrogen-bond acceptors (Lipinski definition) is 3. The fourth-order valence-electron chi connectivity index (χ4n) is 3.59. The van der Waals surface area contributed by atoms with Crippen molar-refractivity contribution < 1.29 is 4.79 Å². The SMILES string of the molecule is CCCC1CN2CCNCc3ccc(C(=O)NC)c1c32. The van der Waals surface area contributed by atoms with Crippen molar-refractivity contribution in [2.24, 2.45) is 0 Å². The lowest BCUT2D eigenvalue weighted by molar-refractivity contribution is 0.0962. The third-order valence-corrected chi connectivity index (χ3v) is 4.45. The molecule has 2 aliphatic rings. The van der Waals surface area contributed by atoms with Crippen molar-refractivity contribution >= 4 is 11.6 Å². The maximum Gasteiger partial charge on any atom is 0.251 e. The second-order valence-corrected chi connectivity index (χ2v) is 5.72. The first-order valence-electron chi connectivity index (χ1n) is 7.59. The molecule has 0 radical (unpaired) electrons. The Morgan fingerprint density at radius 3 is 3.10 bits per heavy atom. The van der Waals surface area contributed by atoms with Crippen LogP contribution in [0.5, 0.6) is 0 Å². The van der Waals surface area contributed by atoms with Gasteiger partial charge in [0.15, 0.2) is 0 Å². The van der Waals surface area contributed by atoms with Gasteiger partial charge >= 0.3 is 0 Å². The van der Waals surface area contributed by atoms with Crippen LogP contribution in [0.2, 0.25) is 0 Å². The Morgan fingerprint density at radius 1 is 1.50 bits per heavy atom. The summed E-state index contributed by atoms with van der Waals surface area (Å²) in [4.78, 5) is 14.7. The molecule has 0 saturated carbocycles. The van der Waals surface area contributed by atoms with Crippen LogP contribution in [0.3, 0.4) is 0 Å². The molecule has 0 aliphatic carbocycles. The van der Waals surface area contributed by atoms with Gasteiger partial charge in [0.05, 0.1) is 0 Å². The predicted molar refractivity (Wildman–Crippen MR) is 81.4 cm³/mol. The molecule has 1 unspecified atom stereocenters. The van der Waals surface area contributed by atoms with Gasteiger partial charge in [-0.15, -0.1) is 0 Å². The molecule has 2 heterocycles. The van der Waals surface area contributed by atoms with Crippen molar-refractivity contribution in [1.82, 2.24) is 10.6 Å². The predicted octanol–water partition coefficient (Wildman–Crippen LogP) is 1.85. The first kappa shape index (κ1) is 13.4. The van der Waals surface area contributed by atoms with Crippen LogP contribution in [0.25, 0.3) is 0 Å². The molecule has 1 amide bonds. The van der Waals surface area contributed by atoms with Crippen LogP contribution in [0, 0.1) is 0 Å². The molecular formula is C16H23N3O. The summed E-state index contributed by atoms with van der Waals surface area (Å²) in [6, 6.07) is 4.12. The van der Waals surface area contributed by atoms with Gasteiger partial charge in [-0.05, 0) is 23.6 Å². The van der Waals surface area contributed by atoms with Crippen LogP contribution in [0.15, 0.2) is 12.1 Å². The summed E-state index contributed by atoms with van der Waals surface area (Å²) in [7, 11) is 1.71. The summed E-state index contributed by atoms with van der Waals surface area (Å²) in [5.41, 5.74) is 4.82. The van der Waals surface area contributed by atoms with Crippen molar-refractivity contribution in [3.63, 3.8) is 0 Å². The third-order valence-electron chi connectivity index (χ3n) is 4.45. The lowest BCUT2D eigenvalue weighted by Gasteiger charge is -2.19. The van der Waals surface area contributed by atoms with Gasteiger partial charge in [-0.25, -0.2) is 0 Å². The number of carbonyl (C=O) groups is 1. The average Bonchev–Trinajstić information content (AvgIpc) is 2.69. The van der Waals surface area contributed by atoms with Crippen molar-refractivity contribution in [1.29, 1.82) is 0 Å². The molecule has 0 fully saturated rings. The monoisotopic (exact) mass is 273 g/mol. The highest BCUT2D eigenvalue weighted by Gasteiger charge is 2.34. The Morgan fingerprint density at radius 2 is 2.35 bits per heavy atom. The van der Waals surface area contributed by atoms with E-state index in [1.54, 1.807) is 7.05 Å². The lowest BCUT2D eigenvalue weighted by Crippen LogP contribution is -2.28. The molecule has 0 aromatic heterocycles. The molecule has 1 atom stereocenters. The molecule has 0 saturated heterocycles. The third kappa shape index (κ3) is 2.08. The van der Waals surface area contributed by atoms with E-state index in [2.05, 4.69) is 28.5 Å². The Hall–Kier alpha value is -1.55. The number of anilines is 1. The van der Waals surface area contributed by atoms with Gasteiger partial charge in [0.25, 0.3) is 5.91 Å². The number of benzene rings is 1. The highest BCUT2D eigenvalue weighted by molar-refractivity contribution is 5.98. The van der Waals surface area contributed by atoms with Crippen LogP contribution < -0.4 is 15.5 Å². The first-order chi connectivity index (χ1) is 9.76. The largest absolute Gasteiger partial charge is 0.369 e. The van der Waals surface area contributed by atoms with E-state index in [0.717, 1.165) is 44.6 Å². The molecule has 2 aliphatic heterocycles. The van der Waals surface area contributed by atoms with Crippen LogP contribution in [-0.4, -0.2) is 32.6 Å². The van der Waals surface area contributed by atoms with Gasteiger partial charge in [0.2, 0.25) is 0 Å². The minimum Gasteiger partial charge on any atom is -0.369 e. The van der Waals surface area contributed by atoms with Gasteiger partial charge in [0.1, 0.15) is 0 Å². The molecular weight excluding hydrogens is 250 g/mol. The molecule has 0 spiro atoms. The number of amides is 1. The normalized spacial score (nSPS) is 20.5. The van der Waals surface area contributed by atoms with E-state index in [-0.39, 0.29) is 5.91 Å². The molecule has 1 aromatic carbocycles. The highest BCUT2D eigenvalue weighted by Crippen LogP contribution is 2.43. The van der Waals surface area contributed by atoms with Gasteiger partial charge in [-0.2, -0.15) is 0 Å². The van der Waals surface area contributed by atoms with Crippen LogP contribution in [0.1, 0.15) is 47.2 Å². The topological polar surface area (TPSA) is 44.4 Å². The molecule has 3 rings (SSSR count). The zero-order valence-electron chi connectivity index (χ0n) is 12.3. The molecule has 2 N–H and O–H groups in total. The minimum atomic E-state index is 0.0444. The quantitative estimate of drug-likeness (QED) is 0.883. The fourth-order valence-corrected chi connectivity index (χ4v) is 3.59. The lowest BCUT2D eigenvalue weighted by atomic mass is 9.90. The van der Waals surface area contributed by atoms with Crippen LogP contribution >= 0.6 is 0 Å². The minimum absolute atomic E-state index is 0.0444. The maximum atomic E-state index is 12.2. The van der Waals surface area contributed by atoms with E-state index in [4.69, 9.17) is 0 Å². The molecule has 108 valence electrons. The molecule has 1 aromatic rings. The molecule has 20 heavy (non-hydrogen) atoms. The van der Waals surface area contributed by atoms with Gasteiger partial charge < -0.3 is 15.5 Å². The van der Waals surface area contributed by atoms with Crippen molar-refractivity contribution in [2.45, 2.75) is 32.2 Å². The molecule has 4 nitrogen and oxygen atoms in total. The molecule has 0 bridgehead atoms. The summed E-state index contributed by atoms with van der Waals surface area (Å²) in [6.07, 6.45) is 2.32. The number of rotatable bonds is 3. The zero-order valence-corrected chi connectivity index (χ0v) is 12.3. The van der Waals surface area contributed by atoms with E-state index in [0.29, 0.717) is 5.92 Å². The van der Waals surface area contributed by atoms with E-state index >= 15 is 0 Å². The summed E-state index contributed by atoms with van der Waals surface area (Å²) in [6.45, 7) is 6.25. The number of carbonyl (C=O) groups excluding carboxylic acids is 1. The van der Waals surface area contributed by atoms with Crippen molar-refractivity contribution in [2.75, 3.05) is 31.6 Å². The number of nitrogens with zero attached hydrogens (tertiary/aromatic N) is 1. The van der Waals surface area contributed by atoms with Crippen molar-refractivity contribution in [3.05, 3.63) is 28.8 Å². The van der Waals surface area contributed by atoms with Crippen molar-refractivity contribution in [3.8, 4) is 0 Å². The van der Waals surface area contributed by atoms with Gasteiger partial charge in [0, 0.05) is 50.4 Å². The average molecular weight is 273 g/mol. The van der Waals surface area contributed by atoms with Gasteiger partial charge in [-0.3, -0.25) is 4.79 Å². The number of hydrogen-bond donors (Lipinski definition) is 2. The second kappa shape index (κ2) is 5.44. The Balaban J connectivity index is 2.13. The zero-order chi connectivity index (χ0) is 14.1. The summed E-state index contributed by atoms with van der Waals surface area (Å²) in [5.74, 6) is 0.545.